The number of alkyl halides is 9. The fourth-order valence-electron chi connectivity index (χ4n) is 5.51. The maximum absolute atomic E-state index is 13.9. The molecule has 0 aromatic rings. The van der Waals surface area contributed by atoms with Gasteiger partial charge in [-0.1, -0.05) is 6.92 Å². The highest BCUT2D eigenvalue weighted by Gasteiger charge is 2.79. The number of aliphatic hydroxyl groups excluding tert-OH is 1. The number of fused-ring (bicyclic) bond motifs is 2. The third-order valence-electron chi connectivity index (χ3n) is 7.16. The Bertz CT molecular complexity index is 605. The molecule has 31 heavy (non-hydrogen) atoms. The fourth-order valence-corrected chi connectivity index (χ4v) is 5.51. The van der Waals surface area contributed by atoms with Gasteiger partial charge in [0.05, 0.1) is 18.6 Å². The molecule has 2 saturated carbocycles. The molecular weight excluding hydrogens is 451 g/mol. The zero-order valence-corrected chi connectivity index (χ0v) is 16.7. The van der Waals surface area contributed by atoms with Crippen LogP contribution in [0.5, 0.6) is 0 Å². The minimum atomic E-state index is -5.94. The number of aliphatic hydroxyl groups is 1. The van der Waals surface area contributed by atoms with Crippen molar-refractivity contribution < 1.29 is 59.5 Å². The van der Waals surface area contributed by atoms with Gasteiger partial charge in [0.15, 0.2) is 0 Å². The van der Waals surface area contributed by atoms with E-state index < -0.39 is 85.4 Å². The van der Waals surface area contributed by atoms with E-state index in [-0.39, 0.29) is 12.8 Å². The number of halogens is 9. The Morgan fingerprint density at radius 2 is 1.45 bits per heavy atom. The zero-order valence-electron chi connectivity index (χ0n) is 16.7. The van der Waals surface area contributed by atoms with Crippen LogP contribution in [-0.2, 0) is 9.62 Å². The molecule has 6 atom stereocenters. The van der Waals surface area contributed by atoms with Crippen LogP contribution >= 0.6 is 0 Å². The molecule has 4 nitrogen and oxygen atoms in total. The lowest BCUT2D eigenvalue weighted by Gasteiger charge is -2.48. The van der Waals surface area contributed by atoms with Gasteiger partial charge in [-0.3, -0.25) is 5.26 Å². The molecule has 0 heterocycles. The second-order valence-electron chi connectivity index (χ2n) is 8.61. The van der Waals surface area contributed by atoms with Crippen LogP contribution in [0.3, 0.4) is 0 Å². The number of rotatable bonds is 8. The normalized spacial score (nSPS) is 30.5. The summed E-state index contributed by atoms with van der Waals surface area (Å²) < 4.78 is 129. The molecule has 6 unspecified atom stereocenters. The van der Waals surface area contributed by atoms with Crippen molar-refractivity contribution in [2.24, 2.45) is 29.1 Å². The van der Waals surface area contributed by atoms with Gasteiger partial charge in [0.1, 0.15) is 6.10 Å². The summed E-state index contributed by atoms with van der Waals surface area (Å²) in [6.45, 7) is -0.503. The third-order valence-corrected chi connectivity index (χ3v) is 7.16. The Balaban J connectivity index is 2.54. The lowest BCUT2D eigenvalue weighted by molar-refractivity contribution is -0.407. The van der Waals surface area contributed by atoms with Crippen LogP contribution in [0.15, 0.2) is 0 Å². The van der Waals surface area contributed by atoms with Gasteiger partial charge >= 0.3 is 18.5 Å². The van der Waals surface area contributed by atoms with E-state index in [1.807, 2.05) is 0 Å². The topological polar surface area (TPSA) is 58.9 Å². The van der Waals surface area contributed by atoms with Crippen molar-refractivity contribution in [2.45, 2.75) is 69.8 Å². The molecule has 2 N–H and O–H groups in total. The van der Waals surface area contributed by atoms with E-state index in [1.165, 1.54) is 0 Å². The summed E-state index contributed by atoms with van der Waals surface area (Å²) in [6.07, 6.45) is -20.3. The molecule has 2 aliphatic rings. The summed E-state index contributed by atoms with van der Waals surface area (Å²) in [5.74, 6) is -5.84. The first kappa shape index (κ1) is 26.5. The van der Waals surface area contributed by atoms with E-state index in [9.17, 15) is 44.8 Å². The summed E-state index contributed by atoms with van der Waals surface area (Å²) in [4.78, 5) is 4.12. The number of hydrogen-bond donors (Lipinski definition) is 2. The Hall–Kier alpha value is -0.790. The van der Waals surface area contributed by atoms with Gasteiger partial charge in [-0.05, 0) is 50.4 Å². The first-order valence-electron chi connectivity index (χ1n) is 9.77. The number of hydrogen-bond acceptors (Lipinski definition) is 4. The average molecular weight is 476 g/mol. The number of ether oxygens (including phenoxy) is 1. The van der Waals surface area contributed by atoms with Crippen LogP contribution in [0.1, 0.15) is 39.5 Å². The van der Waals surface area contributed by atoms with Crippen molar-refractivity contribution in [3.63, 3.8) is 0 Å². The Morgan fingerprint density at radius 3 is 1.81 bits per heavy atom. The zero-order chi connectivity index (χ0) is 24.0. The van der Waals surface area contributed by atoms with E-state index >= 15 is 0 Å². The second-order valence-corrected chi connectivity index (χ2v) is 8.61. The van der Waals surface area contributed by atoms with Gasteiger partial charge in [-0.15, -0.1) is 0 Å². The van der Waals surface area contributed by atoms with Crippen molar-refractivity contribution in [3.05, 3.63) is 0 Å². The lowest BCUT2D eigenvalue weighted by Crippen LogP contribution is -2.66. The quantitative estimate of drug-likeness (QED) is 0.282. The highest BCUT2D eigenvalue weighted by Crippen LogP contribution is 2.65. The molecule has 0 aliphatic heterocycles. The maximum atomic E-state index is 13.9. The van der Waals surface area contributed by atoms with Gasteiger partial charge in [-0.2, -0.15) is 39.5 Å². The monoisotopic (exact) mass is 476 g/mol. The Labute approximate surface area is 172 Å². The highest BCUT2D eigenvalue weighted by atomic mass is 19.4. The van der Waals surface area contributed by atoms with Crippen molar-refractivity contribution in [2.75, 3.05) is 13.2 Å². The summed E-state index contributed by atoms with van der Waals surface area (Å²) in [6, 6.07) is 0. The second kappa shape index (κ2) is 8.53. The fraction of sp³-hybridized carbons (Fsp3) is 1.00. The highest BCUT2D eigenvalue weighted by molar-refractivity contribution is 5.12. The summed E-state index contributed by atoms with van der Waals surface area (Å²) in [5.41, 5.74) is -7.34. The molecule has 0 amide bonds. The SMILES string of the molecule is CCC(C)(C(OO)C1CC2CC1C(C(OCCO)(C(F)(F)F)C(F)(F)F)C2)C(F)(F)F. The largest absolute Gasteiger partial charge is 0.426 e. The summed E-state index contributed by atoms with van der Waals surface area (Å²) in [5, 5.41) is 18.1. The van der Waals surface area contributed by atoms with E-state index in [1.54, 1.807) is 0 Å². The predicted molar refractivity (Wildman–Crippen MR) is 87.6 cm³/mol. The van der Waals surface area contributed by atoms with E-state index in [0.29, 0.717) is 0 Å². The smallest absolute Gasteiger partial charge is 0.394 e. The molecule has 2 bridgehead atoms. The van der Waals surface area contributed by atoms with Crippen LogP contribution in [0.25, 0.3) is 0 Å². The molecule has 0 radical (unpaired) electrons. The molecule has 2 rings (SSSR count). The van der Waals surface area contributed by atoms with E-state index in [2.05, 4.69) is 9.62 Å². The lowest BCUT2D eigenvalue weighted by atomic mass is 9.64. The van der Waals surface area contributed by atoms with Gasteiger partial charge < -0.3 is 9.84 Å². The summed E-state index contributed by atoms with van der Waals surface area (Å²) >= 11 is 0. The van der Waals surface area contributed by atoms with Crippen LogP contribution < -0.4 is 0 Å². The molecule has 2 fully saturated rings. The first-order valence-corrected chi connectivity index (χ1v) is 9.77. The standard InChI is InChI=1S/C18H25F9O4/c1-3-14(2,16(19,20)21)13(31-29)11-7-9-6-10(11)12(8-9)15(17(22,23)24,18(25,26)27)30-5-4-28/h9-13,28-29H,3-8H2,1-2H3. The molecule has 13 heteroatoms. The van der Waals surface area contributed by atoms with Gasteiger partial charge in [0.25, 0.3) is 5.60 Å². The Kier molecular flexibility index (Phi) is 7.28. The molecule has 0 spiro atoms. The predicted octanol–water partition coefficient (Wildman–Crippen LogP) is 5.36. The average Bonchev–Trinajstić information content (AvgIpc) is 3.20. The maximum Gasteiger partial charge on any atom is 0.426 e. The van der Waals surface area contributed by atoms with Gasteiger partial charge in [0, 0.05) is 5.92 Å². The first-order chi connectivity index (χ1) is 14.0. The molecule has 0 aromatic carbocycles. The minimum Gasteiger partial charge on any atom is -0.394 e. The molecule has 184 valence electrons. The van der Waals surface area contributed by atoms with Gasteiger partial charge in [0.2, 0.25) is 0 Å². The van der Waals surface area contributed by atoms with Crippen molar-refractivity contribution in [3.8, 4) is 0 Å². The van der Waals surface area contributed by atoms with Gasteiger partial charge in [-0.25, -0.2) is 4.89 Å². The van der Waals surface area contributed by atoms with Crippen LogP contribution in [-0.4, -0.2) is 53.8 Å². The third kappa shape index (κ3) is 4.15. The van der Waals surface area contributed by atoms with E-state index in [0.717, 1.165) is 13.8 Å². The van der Waals surface area contributed by atoms with Crippen molar-refractivity contribution in [1.82, 2.24) is 0 Å². The van der Waals surface area contributed by atoms with E-state index in [4.69, 9.17) is 5.11 Å². The Morgan fingerprint density at radius 1 is 0.903 bits per heavy atom. The minimum absolute atomic E-state index is 0.107. The molecule has 0 aromatic heterocycles. The van der Waals surface area contributed by atoms with Crippen molar-refractivity contribution >= 4 is 0 Å². The van der Waals surface area contributed by atoms with Crippen molar-refractivity contribution in [1.29, 1.82) is 0 Å². The molecular formula is C18H25F9O4. The van der Waals surface area contributed by atoms with Crippen LogP contribution in [0.4, 0.5) is 39.5 Å². The molecule has 2 aliphatic carbocycles. The van der Waals surface area contributed by atoms with Crippen LogP contribution in [0.2, 0.25) is 0 Å². The van der Waals surface area contributed by atoms with Crippen LogP contribution in [0, 0.1) is 29.1 Å². The molecule has 0 saturated heterocycles. The summed E-state index contributed by atoms with van der Waals surface area (Å²) in [7, 11) is 0.